The van der Waals surface area contributed by atoms with E-state index in [-0.39, 0.29) is 148 Å². The number of methoxy groups -OCH3 is 6. The van der Waals surface area contributed by atoms with Gasteiger partial charge in [0.25, 0.3) is 6.47 Å². The van der Waals surface area contributed by atoms with Crippen molar-refractivity contribution in [3.63, 3.8) is 0 Å². The average molecular weight is 1280 g/mol. The molecule has 22 heteroatoms. The van der Waals surface area contributed by atoms with Gasteiger partial charge in [-0.05, 0) is 152 Å². The van der Waals surface area contributed by atoms with Gasteiger partial charge >= 0.3 is 127 Å². The monoisotopic (exact) mass is 1280 g/mol. The fraction of sp³-hybridized carbons (Fsp3) is 0.473. The van der Waals surface area contributed by atoms with Crippen LogP contribution in [0.3, 0.4) is 0 Å². The number of carbonyl (C=O) groups is 5. The molecule has 0 aliphatic carbocycles. The Morgan fingerprint density at radius 1 is 0.571 bits per heavy atom. The second-order valence-electron chi connectivity index (χ2n) is 17.3. The van der Waals surface area contributed by atoms with Gasteiger partial charge < -0.3 is 58.9 Å². The zero-order chi connectivity index (χ0) is 56.8. The van der Waals surface area contributed by atoms with Gasteiger partial charge in [0.15, 0.2) is 34.3 Å². The van der Waals surface area contributed by atoms with Crippen LogP contribution in [-0.2, 0) is 73.0 Å². The molecule has 4 rings (SSSR count). The van der Waals surface area contributed by atoms with E-state index in [4.69, 9.17) is 59.5 Å². The molecule has 0 atom stereocenters. The van der Waals surface area contributed by atoms with Gasteiger partial charge in [0.05, 0.1) is 67.1 Å². The molecule has 0 N–H and O–H groups in total. The molecule has 0 unspecified atom stereocenters. The summed E-state index contributed by atoms with van der Waals surface area (Å²) in [6.45, 7) is 15.4. The number of aryl methyl sites for hydroxylation is 2. The molecular formula is C55H73Br2ClK2O17. The Kier molecular flexibility index (Phi) is 41.3. The summed E-state index contributed by atoms with van der Waals surface area (Å²) in [5.41, 5.74) is 2.11. The van der Waals surface area contributed by atoms with Crippen molar-refractivity contribution in [1.82, 2.24) is 0 Å². The van der Waals surface area contributed by atoms with E-state index in [1.807, 2.05) is 116 Å². The largest absolute Gasteiger partial charge is 1.00 e. The third kappa shape index (κ3) is 27.7. The summed E-state index contributed by atoms with van der Waals surface area (Å²) in [5.74, 6) is 1.17. The summed E-state index contributed by atoms with van der Waals surface area (Å²) in [7, 11) is 8.24. The van der Waals surface area contributed by atoms with Crippen molar-refractivity contribution >= 4 is 73.8 Å². The summed E-state index contributed by atoms with van der Waals surface area (Å²) >= 11 is 12.8. The normalized spacial score (nSPS) is 10.4. The van der Waals surface area contributed by atoms with Crippen LogP contribution in [0.1, 0.15) is 91.9 Å². The first-order valence-electron chi connectivity index (χ1n) is 23.7. The molecule has 4 aromatic carbocycles. The summed E-state index contributed by atoms with van der Waals surface area (Å²) in [6, 6.07) is 22.5. The number of rotatable bonds is 24. The number of hydrogen-bond donors (Lipinski definition) is 0. The first kappa shape index (κ1) is 76.6. The average Bonchev–Trinajstić information content (AvgIpc) is 3.38. The molecule has 0 amide bonds. The zero-order valence-corrected chi connectivity index (χ0v) is 57.4. The molecule has 4 aromatic rings. The van der Waals surface area contributed by atoms with Gasteiger partial charge in [0.2, 0.25) is 0 Å². The Labute approximate surface area is 562 Å². The van der Waals surface area contributed by atoms with E-state index in [2.05, 4.69) is 46.2 Å². The van der Waals surface area contributed by atoms with Crippen LogP contribution >= 0.6 is 43.5 Å². The van der Waals surface area contributed by atoms with Gasteiger partial charge in [0, 0.05) is 21.2 Å². The van der Waals surface area contributed by atoms with Gasteiger partial charge in [-0.2, -0.15) is 0 Å². The molecule has 0 saturated heterocycles. The number of carbonyl (C=O) groups excluding carboxylic acids is 5. The molecule has 0 spiro atoms. The van der Waals surface area contributed by atoms with E-state index >= 15 is 0 Å². The second-order valence-corrected chi connectivity index (χ2v) is 19.3. The smallest absolute Gasteiger partial charge is 1.00 e. The minimum atomic E-state index is -1.55. The Hall–Kier alpha value is -2.49. The maximum atomic E-state index is 13.1. The second kappa shape index (κ2) is 41.5. The van der Waals surface area contributed by atoms with Crippen molar-refractivity contribution in [2.24, 2.45) is 11.3 Å². The standard InChI is InChI=1S/C27H35BrO7.C16H22O5.C11H14BrClO2.CH2O3.2K.H/c1-17(2)34-21-10-8-19(9-11-21)12-13-27(25(29)32-6,26(30)33-7)16-20-14-24(35-18(3)4)23(31-5)15-22(20)28;1-11(2)21-13-8-5-12(6-9-13)7-10-14(15(17)19-3)16(18)20-4;1-7(2)15-11-4-8(6-13)9(12)5-10(11)14-3;2-1-4-3;;;/h8-11,14-15,17-18H,12-13,16H2,1-7H3;5-6,8-9,11,14H,7,10H2,1-4H3;4-5,7H,6H2,1-3H3;1,3H;;;/q;;;;2*+1;-1/p-1. The van der Waals surface area contributed by atoms with Crippen molar-refractivity contribution < 1.29 is 186 Å². The third-order valence-corrected chi connectivity index (χ3v) is 12.1. The van der Waals surface area contributed by atoms with E-state index in [9.17, 15) is 19.2 Å². The van der Waals surface area contributed by atoms with Crippen LogP contribution in [0.25, 0.3) is 0 Å². The summed E-state index contributed by atoms with van der Waals surface area (Å²) in [4.78, 5) is 60.6. The molecule has 0 radical (unpaired) electrons. The first-order valence-corrected chi connectivity index (χ1v) is 25.8. The Balaban J connectivity index is -0.00000111. The van der Waals surface area contributed by atoms with E-state index in [1.54, 1.807) is 26.4 Å². The van der Waals surface area contributed by atoms with Gasteiger partial charge in [0.1, 0.15) is 11.5 Å². The van der Waals surface area contributed by atoms with Crippen LogP contribution in [-0.4, -0.2) is 97.4 Å². The molecule has 77 heavy (non-hydrogen) atoms. The first-order chi connectivity index (χ1) is 35.5. The summed E-state index contributed by atoms with van der Waals surface area (Å²) < 4.78 is 54.5. The number of benzene rings is 4. The molecule has 0 saturated carbocycles. The molecule has 0 aromatic heterocycles. The van der Waals surface area contributed by atoms with E-state index < -0.39 is 35.2 Å². The maximum absolute atomic E-state index is 13.1. The summed E-state index contributed by atoms with van der Waals surface area (Å²) in [6.07, 6.45) is 1.85. The SMILES string of the molecule is COC(=O)C(CCc1ccc(OC(C)C)cc1)(Cc1cc(OC(C)C)c(OC)cc1Br)C(=O)OC.COC(=O)C(CCc1ccc(OC(C)C)cc1)C(=O)OC.COc1cc(Br)c(CCl)cc1OC(C)C.O=CO[O-].[H-].[K+].[K+]. The molecule has 0 bridgehead atoms. The number of esters is 4. The summed E-state index contributed by atoms with van der Waals surface area (Å²) in [5, 5.41) is 8.43. The minimum absolute atomic E-state index is 0. The van der Waals surface area contributed by atoms with Crippen LogP contribution in [0.15, 0.2) is 81.7 Å². The van der Waals surface area contributed by atoms with Gasteiger partial charge in [-0.15, -0.1) is 11.6 Å². The van der Waals surface area contributed by atoms with Crippen LogP contribution in [0, 0.1) is 11.3 Å². The quantitative estimate of drug-likeness (QED) is 0.0139. The predicted octanol–water partition coefficient (Wildman–Crippen LogP) is 4.45. The van der Waals surface area contributed by atoms with Gasteiger partial charge in [-0.3, -0.25) is 24.0 Å². The van der Waals surface area contributed by atoms with Gasteiger partial charge in [-0.25, -0.2) is 0 Å². The topological polar surface area (TPSA) is 210 Å². The number of halogens is 3. The van der Waals surface area contributed by atoms with Crippen LogP contribution in [0.2, 0.25) is 0 Å². The zero-order valence-electron chi connectivity index (χ0n) is 48.2. The van der Waals surface area contributed by atoms with Crippen LogP contribution in [0.5, 0.6) is 34.5 Å². The molecular weight excluding hydrogens is 1210 g/mol. The Morgan fingerprint density at radius 3 is 1.26 bits per heavy atom. The fourth-order valence-corrected chi connectivity index (χ4v) is 8.25. The van der Waals surface area contributed by atoms with Crippen molar-refractivity contribution in [3.05, 3.63) is 104 Å². The van der Waals surface area contributed by atoms with Gasteiger partial charge in [-0.1, -0.05) is 56.1 Å². The predicted molar refractivity (Wildman–Crippen MR) is 289 cm³/mol. The molecule has 0 heterocycles. The Morgan fingerprint density at radius 2 is 0.935 bits per heavy atom. The molecule has 0 fully saturated rings. The number of alkyl halides is 1. The van der Waals surface area contributed by atoms with E-state index in [0.717, 1.165) is 38.4 Å². The third-order valence-electron chi connectivity index (χ3n) is 10.3. The number of hydrogen-bond acceptors (Lipinski definition) is 17. The fourth-order valence-electron chi connectivity index (χ4n) is 6.94. The van der Waals surface area contributed by atoms with Crippen molar-refractivity contribution in [3.8, 4) is 34.5 Å². The van der Waals surface area contributed by atoms with E-state index in [1.165, 1.54) is 28.4 Å². The minimum Gasteiger partial charge on any atom is -1.00 e. The van der Waals surface area contributed by atoms with Crippen molar-refractivity contribution in [2.45, 2.75) is 118 Å². The molecule has 418 valence electrons. The maximum Gasteiger partial charge on any atom is 1.00 e. The number of ether oxygens (including phenoxy) is 10. The van der Waals surface area contributed by atoms with Crippen molar-refractivity contribution in [2.75, 3.05) is 42.7 Å². The van der Waals surface area contributed by atoms with Crippen LogP contribution < -0.4 is 136 Å². The molecule has 0 aliphatic rings. The Bertz CT molecular complexity index is 2350. The molecule has 17 nitrogen and oxygen atoms in total. The molecule has 0 aliphatic heterocycles. The van der Waals surface area contributed by atoms with Crippen LogP contribution in [0.4, 0.5) is 0 Å². The van der Waals surface area contributed by atoms with Crippen molar-refractivity contribution in [1.29, 1.82) is 0 Å². The van der Waals surface area contributed by atoms with E-state index in [0.29, 0.717) is 52.4 Å².